The molecule has 5 heteroatoms. The zero-order valence-electron chi connectivity index (χ0n) is 10.1. The maximum Gasteiger partial charge on any atom is 0.314 e. The van der Waals surface area contributed by atoms with Crippen molar-refractivity contribution in [2.24, 2.45) is 11.3 Å². The fourth-order valence-corrected chi connectivity index (χ4v) is 3.05. The number of aliphatic hydroxyl groups is 2. The van der Waals surface area contributed by atoms with Gasteiger partial charge in [-0.05, 0) is 32.1 Å². The van der Waals surface area contributed by atoms with E-state index in [9.17, 15) is 15.0 Å². The molecule has 2 saturated carbocycles. The molecule has 2 rings (SSSR count). The lowest BCUT2D eigenvalue weighted by atomic mass is 9.81. The number of fused-ring (bicyclic) bond motifs is 2. The minimum absolute atomic E-state index is 0.0458. The molecule has 0 aromatic heterocycles. The summed E-state index contributed by atoms with van der Waals surface area (Å²) in [6.45, 7) is 3.05. The zero-order chi connectivity index (χ0) is 12.5. The molecule has 0 heterocycles. The summed E-state index contributed by atoms with van der Waals surface area (Å²) in [4.78, 5) is 12.0. The molecule has 0 aliphatic heterocycles. The molecule has 2 bridgehead atoms. The molecule has 0 aromatic rings. The quantitative estimate of drug-likeness (QED) is 0.529. The summed E-state index contributed by atoms with van der Waals surface area (Å²) in [5.41, 5.74) is -0.865. The Morgan fingerprint density at radius 1 is 1.41 bits per heavy atom. The molecule has 2 fully saturated rings. The second kappa shape index (κ2) is 4.92. The van der Waals surface area contributed by atoms with Crippen LogP contribution in [0.1, 0.15) is 26.2 Å². The second-order valence-corrected chi connectivity index (χ2v) is 4.93. The van der Waals surface area contributed by atoms with Crippen LogP contribution in [0.15, 0.2) is 0 Å². The SMILES string of the molecule is CCOCCOC(=O)C12CCC(C1)C(O)C2O. The van der Waals surface area contributed by atoms with Gasteiger partial charge in [-0.15, -0.1) is 0 Å². The predicted molar refractivity (Wildman–Crippen MR) is 59.2 cm³/mol. The fraction of sp³-hybridized carbons (Fsp3) is 0.917. The molecule has 0 amide bonds. The highest BCUT2D eigenvalue weighted by atomic mass is 16.6. The van der Waals surface area contributed by atoms with Crippen molar-refractivity contribution in [3.63, 3.8) is 0 Å². The maximum absolute atomic E-state index is 12.0. The lowest BCUT2D eigenvalue weighted by Gasteiger charge is -2.31. The van der Waals surface area contributed by atoms with Crippen LogP contribution in [0.4, 0.5) is 0 Å². The van der Waals surface area contributed by atoms with Crippen LogP contribution in [0.25, 0.3) is 0 Å². The Labute approximate surface area is 101 Å². The Morgan fingerprint density at radius 2 is 2.18 bits per heavy atom. The molecule has 0 radical (unpaired) electrons. The molecule has 4 atom stereocenters. The van der Waals surface area contributed by atoms with Gasteiger partial charge >= 0.3 is 5.97 Å². The number of carbonyl (C=O) groups excluding carboxylic acids is 1. The minimum Gasteiger partial charge on any atom is -0.463 e. The molecule has 2 aliphatic rings. The molecule has 4 unspecified atom stereocenters. The third-order valence-electron chi connectivity index (χ3n) is 4.03. The van der Waals surface area contributed by atoms with E-state index in [1.807, 2.05) is 6.92 Å². The molecule has 2 aliphatic carbocycles. The summed E-state index contributed by atoms with van der Waals surface area (Å²) >= 11 is 0. The topological polar surface area (TPSA) is 76.0 Å². The number of carbonyl (C=O) groups is 1. The van der Waals surface area contributed by atoms with Gasteiger partial charge in [0, 0.05) is 6.61 Å². The lowest BCUT2D eigenvalue weighted by molar-refractivity contribution is -0.167. The van der Waals surface area contributed by atoms with Crippen molar-refractivity contribution in [3.05, 3.63) is 0 Å². The zero-order valence-corrected chi connectivity index (χ0v) is 10.1. The third kappa shape index (κ3) is 2.07. The average Bonchev–Trinajstić information content (AvgIpc) is 2.86. The van der Waals surface area contributed by atoms with E-state index in [1.165, 1.54) is 0 Å². The van der Waals surface area contributed by atoms with E-state index in [-0.39, 0.29) is 18.5 Å². The molecule has 2 N–H and O–H groups in total. The van der Waals surface area contributed by atoms with Crippen LogP contribution < -0.4 is 0 Å². The van der Waals surface area contributed by atoms with Gasteiger partial charge in [-0.3, -0.25) is 4.79 Å². The van der Waals surface area contributed by atoms with Gasteiger partial charge in [-0.25, -0.2) is 0 Å². The Morgan fingerprint density at radius 3 is 2.76 bits per heavy atom. The van der Waals surface area contributed by atoms with Crippen molar-refractivity contribution in [3.8, 4) is 0 Å². The first-order chi connectivity index (χ1) is 8.12. The van der Waals surface area contributed by atoms with Crippen LogP contribution in [-0.2, 0) is 14.3 Å². The first-order valence-corrected chi connectivity index (χ1v) is 6.23. The van der Waals surface area contributed by atoms with Crippen molar-refractivity contribution < 1.29 is 24.5 Å². The van der Waals surface area contributed by atoms with Gasteiger partial charge in [0.05, 0.1) is 24.2 Å². The van der Waals surface area contributed by atoms with Gasteiger partial charge in [0.15, 0.2) is 0 Å². The van der Waals surface area contributed by atoms with Crippen LogP contribution in [0.5, 0.6) is 0 Å². The van der Waals surface area contributed by atoms with Gasteiger partial charge in [0.1, 0.15) is 6.61 Å². The summed E-state index contributed by atoms with van der Waals surface area (Å²) in [5, 5.41) is 19.7. The highest BCUT2D eigenvalue weighted by Crippen LogP contribution is 2.54. The minimum atomic E-state index is -0.971. The van der Waals surface area contributed by atoms with Crippen LogP contribution in [0.2, 0.25) is 0 Å². The van der Waals surface area contributed by atoms with Crippen molar-refractivity contribution in [1.82, 2.24) is 0 Å². The number of hydrogen-bond acceptors (Lipinski definition) is 5. The molecule has 5 nitrogen and oxygen atoms in total. The number of esters is 1. The molecule has 0 spiro atoms. The summed E-state index contributed by atoms with van der Waals surface area (Å²) in [7, 11) is 0. The Balaban J connectivity index is 1.90. The molecule has 98 valence electrons. The van der Waals surface area contributed by atoms with Crippen molar-refractivity contribution in [2.45, 2.75) is 38.4 Å². The number of hydrogen-bond donors (Lipinski definition) is 2. The largest absolute Gasteiger partial charge is 0.463 e. The lowest BCUT2D eigenvalue weighted by Crippen LogP contribution is -2.45. The number of aliphatic hydroxyl groups excluding tert-OH is 2. The van der Waals surface area contributed by atoms with Crippen LogP contribution in [0, 0.1) is 11.3 Å². The van der Waals surface area contributed by atoms with Gasteiger partial charge in [-0.2, -0.15) is 0 Å². The van der Waals surface area contributed by atoms with Gasteiger partial charge in [0.25, 0.3) is 0 Å². The van der Waals surface area contributed by atoms with E-state index in [1.54, 1.807) is 0 Å². The van der Waals surface area contributed by atoms with Crippen LogP contribution in [0.3, 0.4) is 0 Å². The van der Waals surface area contributed by atoms with Crippen LogP contribution >= 0.6 is 0 Å². The molecule has 17 heavy (non-hydrogen) atoms. The molecular weight excluding hydrogens is 224 g/mol. The molecular formula is C12H20O5. The molecule has 0 saturated heterocycles. The van der Waals surface area contributed by atoms with Gasteiger partial charge < -0.3 is 19.7 Å². The van der Waals surface area contributed by atoms with Crippen molar-refractivity contribution in [1.29, 1.82) is 0 Å². The smallest absolute Gasteiger partial charge is 0.314 e. The Bertz CT molecular complexity index is 293. The fourth-order valence-electron chi connectivity index (χ4n) is 3.05. The normalized spacial score (nSPS) is 39.6. The number of ether oxygens (including phenoxy) is 2. The summed E-state index contributed by atoms with van der Waals surface area (Å²) < 4.78 is 10.2. The van der Waals surface area contributed by atoms with E-state index < -0.39 is 17.6 Å². The van der Waals surface area contributed by atoms with Gasteiger partial charge in [-0.1, -0.05) is 0 Å². The highest BCUT2D eigenvalue weighted by Gasteiger charge is 2.62. The van der Waals surface area contributed by atoms with Crippen LogP contribution in [-0.4, -0.2) is 48.2 Å². The Hall–Kier alpha value is -0.650. The van der Waals surface area contributed by atoms with E-state index in [0.717, 1.165) is 6.42 Å². The third-order valence-corrected chi connectivity index (χ3v) is 4.03. The van der Waals surface area contributed by atoms with E-state index >= 15 is 0 Å². The first-order valence-electron chi connectivity index (χ1n) is 6.23. The summed E-state index contributed by atoms with van der Waals surface area (Å²) in [5.74, 6) is -0.340. The standard InChI is InChI=1S/C12H20O5/c1-2-16-5-6-17-11(15)12-4-3-8(7-12)9(13)10(12)14/h8-10,13-14H,2-7H2,1H3. The van der Waals surface area contributed by atoms with Gasteiger partial charge in [0.2, 0.25) is 0 Å². The highest BCUT2D eigenvalue weighted by molar-refractivity contribution is 5.79. The van der Waals surface area contributed by atoms with E-state index in [4.69, 9.17) is 9.47 Å². The average molecular weight is 244 g/mol. The molecule has 0 aromatic carbocycles. The summed E-state index contributed by atoms with van der Waals surface area (Å²) in [6, 6.07) is 0. The van der Waals surface area contributed by atoms with E-state index in [2.05, 4.69) is 0 Å². The first kappa shape index (κ1) is 12.8. The van der Waals surface area contributed by atoms with Crippen molar-refractivity contribution in [2.75, 3.05) is 19.8 Å². The monoisotopic (exact) mass is 244 g/mol. The predicted octanol–water partition coefficient (Wildman–Crippen LogP) is 0.0880. The Kier molecular flexibility index (Phi) is 3.70. The van der Waals surface area contributed by atoms with Crippen molar-refractivity contribution >= 4 is 5.97 Å². The number of rotatable bonds is 5. The second-order valence-electron chi connectivity index (χ2n) is 4.93. The maximum atomic E-state index is 12.0. The van der Waals surface area contributed by atoms with E-state index in [0.29, 0.717) is 26.1 Å². The summed E-state index contributed by atoms with van der Waals surface area (Å²) in [6.07, 6.45) is 0.203.